The molecule has 1 aromatic heterocycles. The highest BCUT2D eigenvalue weighted by atomic mass is 16.5. The number of hydrogen-bond donors (Lipinski definition) is 1. The van der Waals surface area contributed by atoms with Crippen molar-refractivity contribution >= 4 is 23.7 Å². The second-order valence-corrected chi connectivity index (χ2v) is 4.99. The fraction of sp³-hybridized carbons (Fsp3) is 0.500. The smallest absolute Gasteiger partial charge is 0.327 e. The molecule has 3 rings (SSSR count). The number of aromatic nitrogens is 1. The van der Waals surface area contributed by atoms with Crippen LogP contribution in [0.2, 0.25) is 0 Å². The molecular formula is C12H14N4O4. The number of carbonyl (C=O) groups is 3. The lowest BCUT2D eigenvalue weighted by Gasteiger charge is -2.15. The first-order valence-electron chi connectivity index (χ1n) is 6.39. The number of anilines is 1. The van der Waals surface area contributed by atoms with Crippen LogP contribution in [0, 0.1) is 6.92 Å². The zero-order chi connectivity index (χ0) is 14.3. The quantitative estimate of drug-likeness (QED) is 0.802. The SMILES string of the molecule is Cc1cc(NC(=O)CN2C(=O)CN(C3CC3)C2=O)no1. The Bertz CT molecular complexity index is 578. The third-order valence-electron chi connectivity index (χ3n) is 3.27. The molecule has 1 saturated carbocycles. The maximum atomic E-state index is 12.0. The first-order valence-corrected chi connectivity index (χ1v) is 6.39. The van der Waals surface area contributed by atoms with E-state index in [1.165, 1.54) is 4.90 Å². The van der Waals surface area contributed by atoms with Crippen LogP contribution in [0.3, 0.4) is 0 Å². The molecule has 2 fully saturated rings. The first-order chi connectivity index (χ1) is 9.54. The van der Waals surface area contributed by atoms with Crippen LogP contribution in [0.4, 0.5) is 10.6 Å². The molecule has 1 N–H and O–H groups in total. The molecule has 1 aliphatic heterocycles. The van der Waals surface area contributed by atoms with E-state index in [2.05, 4.69) is 10.5 Å². The minimum Gasteiger partial charge on any atom is -0.360 e. The minimum atomic E-state index is -0.474. The number of amides is 4. The molecule has 1 aromatic rings. The van der Waals surface area contributed by atoms with Gasteiger partial charge < -0.3 is 14.7 Å². The van der Waals surface area contributed by atoms with Crippen LogP contribution in [0.25, 0.3) is 0 Å². The van der Waals surface area contributed by atoms with E-state index in [-0.39, 0.29) is 36.9 Å². The van der Waals surface area contributed by atoms with Gasteiger partial charge in [-0.2, -0.15) is 0 Å². The summed E-state index contributed by atoms with van der Waals surface area (Å²) < 4.78 is 4.81. The molecule has 4 amide bonds. The van der Waals surface area contributed by atoms with Crippen molar-refractivity contribution in [1.82, 2.24) is 15.0 Å². The normalized spacial score (nSPS) is 18.9. The van der Waals surface area contributed by atoms with Gasteiger partial charge in [-0.05, 0) is 19.8 Å². The molecular weight excluding hydrogens is 264 g/mol. The van der Waals surface area contributed by atoms with Gasteiger partial charge in [0.1, 0.15) is 18.8 Å². The van der Waals surface area contributed by atoms with Crippen molar-refractivity contribution in [2.75, 3.05) is 18.4 Å². The third kappa shape index (κ3) is 2.36. The van der Waals surface area contributed by atoms with Gasteiger partial charge in [-0.25, -0.2) is 4.79 Å². The monoisotopic (exact) mass is 278 g/mol. The number of nitrogens with zero attached hydrogens (tertiary/aromatic N) is 3. The average Bonchev–Trinajstić information content (AvgIpc) is 3.10. The number of aryl methyl sites for hydroxylation is 1. The summed E-state index contributed by atoms with van der Waals surface area (Å²) in [6.07, 6.45) is 1.86. The van der Waals surface area contributed by atoms with Gasteiger partial charge in [-0.1, -0.05) is 5.16 Å². The number of imide groups is 1. The highest BCUT2D eigenvalue weighted by Crippen LogP contribution is 2.30. The van der Waals surface area contributed by atoms with Crippen LogP contribution in [-0.4, -0.2) is 51.9 Å². The van der Waals surface area contributed by atoms with Gasteiger partial charge in [-0.3, -0.25) is 14.5 Å². The van der Waals surface area contributed by atoms with E-state index in [4.69, 9.17) is 4.52 Å². The zero-order valence-electron chi connectivity index (χ0n) is 11.0. The Morgan fingerprint density at radius 2 is 2.25 bits per heavy atom. The predicted molar refractivity (Wildman–Crippen MR) is 66.7 cm³/mol. The Kier molecular flexibility index (Phi) is 2.92. The highest BCUT2D eigenvalue weighted by molar-refractivity contribution is 6.06. The van der Waals surface area contributed by atoms with Gasteiger partial charge in [0.05, 0.1) is 0 Å². The van der Waals surface area contributed by atoms with Crippen molar-refractivity contribution in [2.45, 2.75) is 25.8 Å². The van der Waals surface area contributed by atoms with Crippen molar-refractivity contribution in [2.24, 2.45) is 0 Å². The van der Waals surface area contributed by atoms with E-state index in [0.29, 0.717) is 5.76 Å². The standard InChI is InChI=1S/C12H14N4O4/c1-7-4-9(14-20-7)13-10(17)5-16-11(18)6-15(12(16)19)8-2-3-8/h4,8H,2-3,5-6H2,1H3,(H,13,14,17). The van der Waals surface area contributed by atoms with Crippen molar-refractivity contribution in [3.63, 3.8) is 0 Å². The van der Waals surface area contributed by atoms with Crippen LogP contribution < -0.4 is 5.32 Å². The van der Waals surface area contributed by atoms with Crippen LogP contribution in [0.5, 0.6) is 0 Å². The largest absolute Gasteiger partial charge is 0.360 e. The Hall–Kier alpha value is -2.38. The van der Waals surface area contributed by atoms with Crippen molar-refractivity contribution in [1.29, 1.82) is 0 Å². The van der Waals surface area contributed by atoms with E-state index in [1.54, 1.807) is 13.0 Å². The predicted octanol–water partition coefficient (Wildman–Crippen LogP) is 0.348. The number of urea groups is 1. The van der Waals surface area contributed by atoms with Gasteiger partial charge in [-0.15, -0.1) is 0 Å². The molecule has 20 heavy (non-hydrogen) atoms. The lowest BCUT2D eigenvalue weighted by molar-refractivity contribution is -0.129. The summed E-state index contributed by atoms with van der Waals surface area (Å²) >= 11 is 0. The molecule has 106 valence electrons. The summed E-state index contributed by atoms with van der Waals surface area (Å²) in [5, 5.41) is 6.10. The molecule has 0 bridgehead atoms. The van der Waals surface area contributed by atoms with Crippen molar-refractivity contribution in [3.8, 4) is 0 Å². The molecule has 0 aromatic carbocycles. The van der Waals surface area contributed by atoms with Gasteiger partial charge >= 0.3 is 6.03 Å². The van der Waals surface area contributed by atoms with Gasteiger partial charge in [0.2, 0.25) is 5.91 Å². The maximum Gasteiger partial charge on any atom is 0.327 e. The number of nitrogens with one attached hydrogen (secondary N) is 1. The van der Waals surface area contributed by atoms with Crippen molar-refractivity contribution < 1.29 is 18.9 Å². The molecule has 0 spiro atoms. The highest BCUT2D eigenvalue weighted by Gasteiger charge is 2.44. The Morgan fingerprint density at radius 3 is 2.85 bits per heavy atom. The molecule has 0 unspecified atom stereocenters. The molecule has 8 heteroatoms. The number of carbonyl (C=O) groups excluding carboxylic acids is 3. The third-order valence-corrected chi connectivity index (χ3v) is 3.27. The number of hydrogen-bond acceptors (Lipinski definition) is 5. The second-order valence-electron chi connectivity index (χ2n) is 4.99. The van der Waals surface area contributed by atoms with Crippen molar-refractivity contribution in [3.05, 3.63) is 11.8 Å². The van der Waals surface area contributed by atoms with E-state index >= 15 is 0 Å². The molecule has 0 radical (unpaired) electrons. The molecule has 8 nitrogen and oxygen atoms in total. The zero-order valence-corrected chi connectivity index (χ0v) is 11.0. The summed E-state index contributed by atoms with van der Waals surface area (Å²) in [7, 11) is 0. The summed E-state index contributed by atoms with van der Waals surface area (Å²) in [5.41, 5.74) is 0. The lowest BCUT2D eigenvalue weighted by atomic mass is 10.4. The minimum absolute atomic E-state index is 0.0693. The van der Waals surface area contributed by atoms with E-state index in [0.717, 1.165) is 17.7 Å². The molecule has 1 saturated heterocycles. The summed E-state index contributed by atoms with van der Waals surface area (Å²) in [6, 6.07) is 1.34. The van der Waals surface area contributed by atoms with E-state index < -0.39 is 5.91 Å². The lowest BCUT2D eigenvalue weighted by Crippen LogP contribution is -2.39. The fourth-order valence-corrected chi connectivity index (χ4v) is 2.14. The van der Waals surface area contributed by atoms with Gasteiger partial charge in [0.25, 0.3) is 5.91 Å². The summed E-state index contributed by atoms with van der Waals surface area (Å²) in [5.74, 6) is 0.0187. The fourth-order valence-electron chi connectivity index (χ4n) is 2.14. The Morgan fingerprint density at radius 1 is 1.50 bits per heavy atom. The molecule has 1 aliphatic carbocycles. The first kappa shape index (κ1) is 12.6. The molecule has 0 atom stereocenters. The second kappa shape index (κ2) is 4.62. The maximum absolute atomic E-state index is 12.0. The Labute approximate surface area is 114 Å². The van der Waals surface area contributed by atoms with Crippen LogP contribution in [0.1, 0.15) is 18.6 Å². The van der Waals surface area contributed by atoms with Gasteiger partial charge in [0.15, 0.2) is 5.82 Å². The topological polar surface area (TPSA) is 95.8 Å². The van der Waals surface area contributed by atoms with E-state index in [9.17, 15) is 14.4 Å². The van der Waals surface area contributed by atoms with Crippen LogP contribution >= 0.6 is 0 Å². The van der Waals surface area contributed by atoms with Gasteiger partial charge in [0, 0.05) is 12.1 Å². The van der Waals surface area contributed by atoms with Crippen LogP contribution in [0.15, 0.2) is 10.6 Å². The van der Waals surface area contributed by atoms with Crippen LogP contribution in [-0.2, 0) is 9.59 Å². The molecule has 2 aliphatic rings. The molecule has 2 heterocycles. The Balaban J connectivity index is 1.60. The summed E-state index contributed by atoms with van der Waals surface area (Å²) in [4.78, 5) is 38.1. The van der Waals surface area contributed by atoms with E-state index in [1.807, 2.05) is 0 Å². The average molecular weight is 278 g/mol. The summed E-state index contributed by atoms with van der Waals surface area (Å²) in [6.45, 7) is 1.47. The number of rotatable bonds is 4.